The van der Waals surface area contributed by atoms with E-state index in [-0.39, 0.29) is 29.7 Å². The number of benzene rings is 1. The van der Waals surface area contributed by atoms with Crippen LogP contribution in [-0.4, -0.2) is 90.9 Å². The molecule has 1 saturated heterocycles. The number of aromatic nitrogens is 1. The molecule has 1 unspecified atom stereocenters. The first-order valence-corrected chi connectivity index (χ1v) is 17.2. The highest BCUT2D eigenvalue weighted by Gasteiger charge is 2.28. The number of hydrogen-bond donors (Lipinski definition) is 3. The summed E-state index contributed by atoms with van der Waals surface area (Å²) in [6.07, 6.45) is 8.42. The number of rotatable bonds is 14. The molecular weight excluding hydrogens is 560 g/mol. The summed E-state index contributed by atoms with van der Waals surface area (Å²) >= 11 is 1.58. The molecule has 0 bridgehead atoms. The number of carbonyl (C=O) groups is 3. The lowest BCUT2D eigenvalue weighted by Gasteiger charge is -2.33. The highest BCUT2D eigenvalue weighted by atomic mass is 32.1. The van der Waals surface area contributed by atoms with E-state index in [9.17, 15) is 14.4 Å². The molecule has 2 fully saturated rings. The topological polar surface area (TPSA) is 107 Å². The van der Waals surface area contributed by atoms with Crippen LogP contribution in [0.25, 0.3) is 10.2 Å². The predicted octanol–water partition coefficient (Wildman–Crippen LogP) is 3.75. The lowest BCUT2D eigenvalue weighted by molar-refractivity contribution is -0.129. The number of likely N-dealkylation sites (N-methyl/N-ethyl adjacent to an activating group) is 1. The van der Waals surface area contributed by atoms with Gasteiger partial charge in [0.15, 0.2) is 0 Å². The van der Waals surface area contributed by atoms with E-state index in [1.807, 2.05) is 13.0 Å². The van der Waals surface area contributed by atoms with Crippen LogP contribution in [0.3, 0.4) is 0 Å². The molecule has 1 aliphatic carbocycles. The maximum Gasteiger partial charge on any atom is 0.243 e. The van der Waals surface area contributed by atoms with Crippen molar-refractivity contribution < 1.29 is 14.4 Å². The minimum Gasteiger partial charge on any atom is -0.354 e. The second-order valence-corrected chi connectivity index (χ2v) is 13.8. The van der Waals surface area contributed by atoms with Crippen LogP contribution in [0.2, 0.25) is 0 Å². The van der Waals surface area contributed by atoms with E-state index in [2.05, 4.69) is 51.9 Å². The van der Waals surface area contributed by atoms with Gasteiger partial charge in [0, 0.05) is 64.1 Å². The van der Waals surface area contributed by atoms with Gasteiger partial charge < -0.3 is 25.8 Å². The Balaban J connectivity index is 1.41. The Kier molecular flexibility index (Phi) is 12.8. The molecular formula is C33H52N6O3S. The van der Waals surface area contributed by atoms with Gasteiger partial charge in [-0.25, -0.2) is 4.98 Å². The Morgan fingerprint density at radius 1 is 1.02 bits per heavy atom. The van der Waals surface area contributed by atoms with E-state index in [1.165, 1.54) is 24.8 Å². The molecule has 1 aromatic carbocycles. The van der Waals surface area contributed by atoms with Gasteiger partial charge in [0.05, 0.1) is 15.2 Å². The average molecular weight is 613 g/mol. The number of nitrogens with one attached hydrogen (secondary N) is 3. The van der Waals surface area contributed by atoms with Crippen molar-refractivity contribution in [2.24, 2.45) is 11.8 Å². The van der Waals surface area contributed by atoms with Gasteiger partial charge in [0.1, 0.15) is 6.04 Å². The van der Waals surface area contributed by atoms with Crippen molar-refractivity contribution in [2.45, 2.75) is 90.6 Å². The monoisotopic (exact) mass is 612 g/mol. The Bertz CT molecular complexity index is 1200. The van der Waals surface area contributed by atoms with Crippen LogP contribution in [0.4, 0.5) is 0 Å². The number of piperazine rings is 1. The highest BCUT2D eigenvalue weighted by molar-refractivity contribution is 7.18. The van der Waals surface area contributed by atoms with Crippen LogP contribution < -0.4 is 16.0 Å². The fraction of sp³-hybridized carbons (Fsp3) is 0.697. The third-order valence-electron chi connectivity index (χ3n) is 9.04. The standard InChI is InChI=1S/C33H52N6O3S/c1-5-24-12-13-27-29(19-24)43-31(37-27)20-28(36-30(40)6-2)33(42)35-26(18-25-10-8-7-9-11-25)21-34-32(41)23(3)22-39-16-14-38(4)15-17-39/h12-13,19,23,25-26,28H,5-11,14-18,20-22H2,1-4H3,(H,34,41)(H,35,42)(H,36,40)/t23?,26-,28-/m0/s1. The number of nitrogens with zero attached hydrogens (tertiary/aromatic N) is 3. The summed E-state index contributed by atoms with van der Waals surface area (Å²) in [5.74, 6) is 0.0523. The third kappa shape index (κ3) is 10.3. The van der Waals surface area contributed by atoms with Crippen LogP contribution in [0.5, 0.6) is 0 Å². The van der Waals surface area contributed by atoms with Crippen LogP contribution in [0.15, 0.2) is 18.2 Å². The van der Waals surface area contributed by atoms with Gasteiger partial charge in [0.2, 0.25) is 17.7 Å². The Morgan fingerprint density at radius 3 is 2.47 bits per heavy atom. The average Bonchev–Trinajstić information content (AvgIpc) is 3.42. The molecule has 0 spiro atoms. The molecule has 3 N–H and O–H groups in total. The number of amides is 3. The quantitative estimate of drug-likeness (QED) is 0.300. The highest BCUT2D eigenvalue weighted by Crippen LogP contribution is 2.28. The van der Waals surface area contributed by atoms with E-state index in [0.717, 1.165) is 73.6 Å². The zero-order chi connectivity index (χ0) is 30.8. The summed E-state index contributed by atoms with van der Waals surface area (Å²) < 4.78 is 1.10. The summed E-state index contributed by atoms with van der Waals surface area (Å²) in [6, 6.07) is 5.36. The molecule has 1 aromatic heterocycles. The van der Waals surface area contributed by atoms with Crippen molar-refractivity contribution in [1.29, 1.82) is 0 Å². The number of carbonyl (C=O) groups excluding carboxylic acids is 3. The summed E-state index contributed by atoms with van der Waals surface area (Å²) in [5, 5.41) is 10.2. The normalized spacial score (nSPS) is 19.1. The number of hydrogen-bond acceptors (Lipinski definition) is 7. The van der Waals surface area contributed by atoms with E-state index < -0.39 is 6.04 Å². The zero-order valence-electron chi connectivity index (χ0n) is 26.6. The maximum absolute atomic E-state index is 13.8. The lowest BCUT2D eigenvalue weighted by atomic mass is 9.84. The first-order valence-electron chi connectivity index (χ1n) is 16.4. The van der Waals surface area contributed by atoms with Crippen molar-refractivity contribution in [1.82, 2.24) is 30.7 Å². The van der Waals surface area contributed by atoms with Crippen molar-refractivity contribution >= 4 is 39.3 Å². The van der Waals surface area contributed by atoms with Gasteiger partial charge in [0.25, 0.3) is 0 Å². The molecule has 2 aliphatic rings. The van der Waals surface area contributed by atoms with Gasteiger partial charge in [-0.3, -0.25) is 14.4 Å². The van der Waals surface area contributed by atoms with Crippen LogP contribution in [0.1, 0.15) is 76.3 Å². The first-order chi connectivity index (χ1) is 20.7. The van der Waals surface area contributed by atoms with Crippen LogP contribution in [-0.2, 0) is 27.2 Å². The summed E-state index contributed by atoms with van der Waals surface area (Å²) in [5.41, 5.74) is 2.17. The number of fused-ring (bicyclic) bond motifs is 1. The van der Waals surface area contributed by atoms with Crippen LogP contribution in [0, 0.1) is 11.8 Å². The molecule has 238 valence electrons. The largest absolute Gasteiger partial charge is 0.354 e. The summed E-state index contributed by atoms with van der Waals surface area (Å²) in [4.78, 5) is 48.8. The summed E-state index contributed by atoms with van der Waals surface area (Å²) in [7, 11) is 2.13. The Labute approximate surface area is 261 Å². The molecule has 4 rings (SSSR count). The molecule has 1 aliphatic heterocycles. The maximum atomic E-state index is 13.8. The molecule has 43 heavy (non-hydrogen) atoms. The Hall–Kier alpha value is -2.56. The van der Waals surface area contributed by atoms with Crippen LogP contribution >= 0.6 is 11.3 Å². The fourth-order valence-electron chi connectivity index (χ4n) is 6.22. The molecule has 3 atom stereocenters. The third-order valence-corrected chi connectivity index (χ3v) is 10.1. The predicted molar refractivity (Wildman–Crippen MR) is 174 cm³/mol. The van der Waals surface area contributed by atoms with E-state index in [0.29, 0.717) is 25.3 Å². The molecule has 3 amide bonds. The number of aryl methyl sites for hydroxylation is 1. The summed E-state index contributed by atoms with van der Waals surface area (Å²) in [6.45, 7) is 11.0. The SMILES string of the molecule is CCC(=O)N[C@@H](Cc1nc2ccc(CC)cc2s1)C(=O)N[C@H](CNC(=O)C(C)CN1CCN(C)CC1)CC1CCCCC1. The van der Waals surface area contributed by atoms with Gasteiger partial charge in [-0.2, -0.15) is 0 Å². The molecule has 9 nitrogen and oxygen atoms in total. The fourth-order valence-corrected chi connectivity index (χ4v) is 7.30. The first kappa shape index (κ1) is 33.3. The van der Waals surface area contributed by atoms with Crippen molar-refractivity contribution in [3.8, 4) is 0 Å². The zero-order valence-corrected chi connectivity index (χ0v) is 27.4. The Morgan fingerprint density at radius 2 is 1.77 bits per heavy atom. The van der Waals surface area contributed by atoms with Crippen molar-refractivity contribution in [2.75, 3.05) is 46.3 Å². The molecule has 2 heterocycles. The van der Waals surface area contributed by atoms with Crippen molar-refractivity contribution in [3.63, 3.8) is 0 Å². The molecule has 10 heteroatoms. The minimum atomic E-state index is -0.723. The molecule has 0 radical (unpaired) electrons. The lowest BCUT2D eigenvalue weighted by Crippen LogP contribution is -2.54. The van der Waals surface area contributed by atoms with Gasteiger partial charge in [-0.15, -0.1) is 11.3 Å². The molecule has 2 aromatic rings. The minimum absolute atomic E-state index is 0.0265. The second kappa shape index (κ2) is 16.5. The van der Waals surface area contributed by atoms with E-state index in [4.69, 9.17) is 4.98 Å². The molecule has 1 saturated carbocycles. The smallest absolute Gasteiger partial charge is 0.243 e. The van der Waals surface area contributed by atoms with Crippen molar-refractivity contribution in [3.05, 3.63) is 28.8 Å². The second-order valence-electron chi connectivity index (χ2n) is 12.6. The van der Waals surface area contributed by atoms with E-state index in [1.54, 1.807) is 18.3 Å². The van der Waals surface area contributed by atoms with Gasteiger partial charge in [-0.1, -0.05) is 58.9 Å². The number of thiazole rings is 1. The van der Waals surface area contributed by atoms with E-state index >= 15 is 0 Å². The van der Waals surface area contributed by atoms with Gasteiger partial charge >= 0.3 is 0 Å². The van der Waals surface area contributed by atoms with Gasteiger partial charge in [-0.05, 0) is 43.5 Å².